The van der Waals surface area contributed by atoms with Crippen LogP contribution in [0.25, 0.3) is 10.9 Å². The number of hydrogen-bond acceptors (Lipinski definition) is 2. The molecule has 1 aromatic carbocycles. The zero-order valence-electron chi connectivity index (χ0n) is 10.0. The minimum atomic E-state index is -0.0473. The topological polar surface area (TPSA) is 42.0 Å². The Hall–Kier alpha value is -1.42. The molecule has 18 heavy (non-hydrogen) atoms. The van der Waals surface area contributed by atoms with Gasteiger partial charge in [0.2, 0.25) is 0 Å². The normalized spacial score (nSPS) is 10.5. The minimum absolute atomic E-state index is 0.0473. The molecule has 0 saturated carbocycles. The van der Waals surface area contributed by atoms with Crippen molar-refractivity contribution in [3.8, 4) is 0 Å². The van der Waals surface area contributed by atoms with E-state index in [9.17, 15) is 4.79 Å². The highest BCUT2D eigenvalue weighted by molar-refractivity contribution is 9.09. The number of unbranched alkanes of at least 4 members (excludes halogenated alkanes) is 1. The second-order valence-corrected chi connectivity index (χ2v) is 4.83. The molecule has 0 unspecified atom stereocenters. The van der Waals surface area contributed by atoms with Gasteiger partial charge in [-0.15, -0.1) is 0 Å². The molecule has 0 radical (unpaired) electrons. The van der Waals surface area contributed by atoms with Crippen LogP contribution in [0.15, 0.2) is 36.5 Å². The number of nitrogens with one attached hydrogen (secondary N) is 1. The van der Waals surface area contributed by atoms with Crippen LogP contribution in [0.2, 0.25) is 0 Å². The first kappa shape index (κ1) is 13.0. The van der Waals surface area contributed by atoms with Crippen molar-refractivity contribution in [3.05, 3.63) is 42.1 Å². The summed E-state index contributed by atoms with van der Waals surface area (Å²) in [6.45, 7) is 0.702. The summed E-state index contributed by atoms with van der Waals surface area (Å²) in [5.74, 6) is -0.0473. The minimum Gasteiger partial charge on any atom is -0.352 e. The van der Waals surface area contributed by atoms with Crippen LogP contribution in [0.1, 0.15) is 23.2 Å². The van der Waals surface area contributed by atoms with Crippen molar-refractivity contribution in [2.45, 2.75) is 12.8 Å². The molecule has 2 aromatic rings. The summed E-state index contributed by atoms with van der Waals surface area (Å²) < 4.78 is 0. The largest absolute Gasteiger partial charge is 0.352 e. The standard InChI is InChI=1S/C14H15BrN2O/c15-8-1-2-9-17-14(18)12-7-3-5-11-6-4-10-16-13(11)12/h3-7,10H,1-2,8-9H2,(H,17,18). The average Bonchev–Trinajstić information content (AvgIpc) is 2.43. The number of fused-ring (bicyclic) bond motifs is 1. The summed E-state index contributed by atoms with van der Waals surface area (Å²) in [4.78, 5) is 16.3. The Labute approximate surface area is 115 Å². The lowest BCUT2D eigenvalue weighted by molar-refractivity contribution is 0.0954. The van der Waals surface area contributed by atoms with Crippen LogP contribution in [0.5, 0.6) is 0 Å². The van der Waals surface area contributed by atoms with Gasteiger partial charge in [-0.25, -0.2) is 0 Å². The summed E-state index contributed by atoms with van der Waals surface area (Å²) in [5, 5.41) is 4.89. The van der Waals surface area contributed by atoms with Crippen molar-refractivity contribution in [2.75, 3.05) is 11.9 Å². The number of para-hydroxylation sites is 1. The van der Waals surface area contributed by atoms with E-state index >= 15 is 0 Å². The van der Waals surface area contributed by atoms with Crippen molar-refractivity contribution < 1.29 is 4.79 Å². The quantitative estimate of drug-likeness (QED) is 0.681. The fraction of sp³-hybridized carbons (Fsp3) is 0.286. The molecule has 2 rings (SSSR count). The molecule has 0 aliphatic heterocycles. The van der Waals surface area contributed by atoms with Crippen molar-refractivity contribution in [2.24, 2.45) is 0 Å². The van der Waals surface area contributed by atoms with Crippen LogP contribution in [0, 0.1) is 0 Å². The van der Waals surface area contributed by atoms with Crippen LogP contribution >= 0.6 is 15.9 Å². The molecular formula is C14H15BrN2O. The highest BCUT2D eigenvalue weighted by atomic mass is 79.9. The predicted molar refractivity (Wildman–Crippen MR) is 77.1 cm³/mol. The van der Waals surface area contributed by atoms with Crippen LogP contribution in [0.4, 0.5) is 0 Å². The van der Waals surface area contributed by atoms with Gasteiger partial charge in [0.15, 0.2) is 0 Å². The number of benzene rings is 1. The molecule has 0 aliphatic carbocycles. The first-order valence-electron chi connectivity index (χ1n) is 6.01. The zero-order chi connectivity index (χ0) is 12.8. The number of carbonyl (C=O) groups excluding carboxylic acids is 1. The average molecular weight is 307 g/mol. The van der Waals surface area contributed by atoms with Crippen LogP contribution in [0.3, 0.4) is 0 Å². The predicted octanol–water partition coefficient (Wildman–Crippen LogP) is 3.14. The monoisotopic (exact) mass is 306 g/mol. The second kappa shape index (κ2) is 6.50. The third-order valence-corrected chi connectivity index (χ3v) is 3.28. The maximum Gasteiger partial charge on any atom is 0.253 e. The van der Waals surface area contributed by atoms with Crippen LogP contribution < -0.4 is 5.32 Å². The molecule has 3 nitrogen and oxygen atoms in total. The lowest BCUT2D eigenvalue weighted by Gasteiger charge is -2.06. The molecule has 0 aliphatic rings. The molecule has 0 fully saturated rings. The van der Waals surface area contributed by atoms with Gasteiger partial charge in [-0.05, 0) is 25.0 Å². The Bertz CT molecular complexity index is 537. The van der Waals surface area contributed by atoms with Crippen molar-refractivity contribution in [3.63, 3.8) is 0 Å². The van der Waals surface area contributed by atoms with Gasteiger partial charge >= 0.3 is 0 Å². The first-order valence-corrected chi connectivity index (χ1v) is 7.13. The van der Waals surface area contributed by atoms with Gasteiger partial charge in [-0.2, -0.15) is 0 Å². The maximum atomic E-state index is 12.1. The third-order valence-electron chi connectivity index (χ3n) is 2.72. The number of halogens is 1. The molecular weight excluding hydrogens is 292 g/mol. The van der Waals surface area contributed by atoms with Gasteiger partial charge in [0.1, 0.15) is 0 Å². The maximum absolute atomic E-state index is 12.1. The molecule has 1 N–H and O–H groups in total. The van der Waals surface area contributed by atoms with E-state index in [1.807, 2.05) is 30.3 Å². The van der Waals surface area contributed by atoms with E-state index in [0.29, 0.717) is 12.1 Å². The van der Waals surface area contributed by atoms with E-state index in [2.05, 4.69) is 26.2 Å². The molecule has 94 valence electrons. The summed E-state index contributed by atoms with van der Waals surface area (Å²) in [6.07, 6.45) is 3.76. The lowest BCUT2D eigenvalue weighted by atomic mass is 10.1. The van der Waals surface area contributed by atoms with Crippen molar-refractivity contribution in [1.82, 2.24) is 10.3 Å². The number of pyridine rings is 1. The Kier molecular flexibility index (Phi) is 4.70. The number of alkyl halides is 1. The fourth-order valence-electron chi connectivity index (χ4n) is 1.80. The van der Waals surface area contributed by atoms with Gasteiger partial charge in [0.05, 0.1) is 11.1 Å². The van der Waals surface area contributed by atoms with E-state index in [0.717, 1.165) is 29.1 Å². The Morgan fingerprint density at radius 3 is 2.89 bits per heavy atom. The van der Waals surface area contributed by atoms with Gasteiger partial charge < -0.3 is 5.32 Å². The molecule has 0 saturated heterocycles. The van der Waals surface area contributed by atoms with Gasteiger partial charge in [0.25, 0.3) is 5.91 Å². The van der Waals surface area contributed by atoms with E-state index in [1.165, 1.54) is 0 Å². The van der Waals surface area contributed by atoms with E-state index < -0.39 is 0 Å². The Morgan fingerprint density at radius 2 is 2.06 bits per heavy atom. The molecule has 1 aromatic heterocycles. The van der Waals surface area contributed by atoms with Crippen LogP contribution in [-0.4, -0.2) is 22.8 Å². The molecule has 0 spiro atoms. The van der Waals surface area contributed by atoms with E-state index in [4.69, 9.17) is 0 Å². The fourth-order valence-corrected chi connectivity index (χ4v) is 2.20. The molecule has 1 amide bonds. The molecule has 0 atom stereocenters. The SMILES string of the molecule is O=C(NCCCCBr)c1cccc2cccnc12. The highest BCUT2D eigenvalue weighted by Gasteiger charge is 2.09. The van der Waals surface area contributed by atoms with Crippen molar-refractivity contribution >= 4 is 32.7 Å². The summed E-state index contributed by atoms with van der Waals surface area (Å²) in [5.41, 5.74) is 1.41. The lowest BCUT2D eigenvalue weighted by Crippen LogP contribution is -2.24. The van der Waals surface area contributed by atoms with E-state index in [1.54, 1.807) is 6.20 Å². The number of rotatable bonds is 5. The number of aromatic nitrogens is 1. The molecule has 1 heterocycles. The molecule has 4 heteroatoms. The smallest absolute Gasteiger partial charge is 0.253 e. The van der Waals surface area contributed by atoms with Gasteiger partial charge in [-0.3, -0.25) is 9.78 Å². The third kappa shape index (κ3) is 3.07. The number of amides is 1. The summed E-state index contributed by atoms with van der Waals surface area (Å²) in [6, 6.07) is 9.50. The molecule has 0 bridgehead atoms. The number of nitrogens with zero attached hydrogens (tertiary/aromatic N) is 1. The Balaban J connectivity index is 2.13. The summed E-state index contributed by atoms with van der Waals surface area (Å²) in [7, 11) is 0. The Morgan fingerprint density at radius 1 is 1.22 bits per heavy atom. The number of hydrogen-bond donors (Lipinski definition) is 1. The first-order chi connectivity index (χ1) is 8.83. The number of carbonyl (C=O) groups is 1. The van der Waals surface area contributed by atoms with Crippen molar-refractivity contribution in [1.29, 1.82) is 0 Å². The summed E-state index contributed by atoms with van der Waals surface area (Å²) >= 11 is 3.37. The van der Waals surface area contributed by atoms with E-state index in [-0.39, 0.29) is 5.91 Å². The highest BCUT2D eigenvalue weighted by Crippen LogP contribution is 2.15. The van der Waals surface area contributed by atoms with Gasteiger partial charge in [0, 0.05) is 23.5 Å². The van der Waals surface area contributed by atoms with Crippen LogP contribution in [-0.2, 0) is 0 Å². The van der Waals surface area contributed by atoms with Gasteiger partial charge in [-0.1, -0.05) is 34.1 Å². The zero-order valence-corrected chi connectivity index (χ0v) is 11.6. The second-order valence-electron chi connectivity index (χ2n) is 4.03.